The van der Waals surface area contributed by atoms with Crippen molar-refractivity contribution in [3.63, 3.8) is 0 Å². The number of hydrogen-bond acceptors (Lipinski definition) is 3. The van der Waals surface area contributed by atoms with Gasteiger partial charge < -0.3 is 20.3 Å². The summed E-state index contributed by atoms with van der Waals surface area (Å²) in [5.74, 6) is 1.34. The van der Waals surface area contributed by atoms with Gasteiger partial charge in [0.05, 0.1) is 7.11 Å². The van der Waals surface area contributed by atoms with E-state index in [9.17, 15) is 4.79 Å². The van der Waals surface area contributed by atoms with E-state index in [2.05, 4.69) is 22.5 Å². The largest absolute Gasteiger partial charge is 0.497 e. The predicted molar refractivity (Wildman–Crippen MR) is 99.0 cm³/mol. The Balaban J connectivity index is 2.58. The van der Waals surface area contributed by atoms with Gasteiger partial charge in [0.25, 0.3) is 0 Å². The van der Waals surface area contributed by atoms with Crippen LogP contribution in [0.5, 0.6) is 5.75 Å². The molecule has 134 valence electrons. The number of carbonyl (C=O) groups is 1. The van der Waals surface area contributed by atoms with E-state index in [-0.39, 0.29) is 12.5 Å². The standard InChI is InChI=1S/C17H27ClN4O2/c1-5-9-19-17(21-12-16(23)22(2)3)20-10-8-13-6-7-14(24-4)11-15(13)18/h6-7,11H,5,8-10,12H2,1-4H3,(H2,19,20,21). The van der Waals surface area contributed by atoms with Crippen molar-refractivity contribution < 1.29 is 9.53 Å². The van der Waals surface area contributed by atoms with Gasteiger partial charge in [-0.2, -0.15) is 0 Å². The second kappa shape index (κ2) is 10.8. The Labute approximate surface area is 149 Å². The molecule has 0 radical (unpaired) electrons. The molecule has 7 heteroatoms. The fraction of sp³-hybridized carbons (Fsp3) is 0.529. The number of carbonyl (C=O) groups excluding carboxylic acids is 1. The number of likely N-dealkylation sites (N-methyl/N-ethyl adjacent to an activating group) is 1. The maximum atomic E-state index is 11.7. The van der Waals surface area contributed by atoms with Gasteiger partial charge in [-0.25, -0.2) is 4.99 Å². The van der Waals surface area contributed by atoms with Crippen molar-refractivity contribution in [3.05, 3.63) is 28.8 Å². The van der Waals surface area contributed by atoms with Crippen molar-refractivity contribution in [1.29, 1.82) is 0 Å². The van der Waals surface area contributed by atoms with E-state index in [1.807, 2.05) is 12.1 Å². The molecule has 0 saturated carbocycles. The first-order chi connectivity index (χ1) is 11.5. The predicted octanol–water partition coefficient (Wildman–Crippen LogP) is 1.92. The molecule has 0 heterocycles. The molecule has 0 aromatic heterocycles. The summed E-state index contributed by atoms with van der Waals surface area (Å²) < 4.78 is 5.15. The molecule has 6 nitrogen and oxygen atoms in total. The van der Waals surface area contributed by atoms with Crippen molar-refractivity contribution in [2.45, 2.75) is 19.8 Å². The van der Waals surface area contributed by atoms with E-state index in [4.69, 9.17) is 16.3 Å². The van der Waals surface area contributed by atoms with Crippen LogP contribution in [0, 0.1) is 0 Å². The molecule has 1 aromatic carbocycles. The molecular weight excluding hydrogens is 328 g/mol. The summed E-state index contributed by atoms with van der Waals surface area (Å²) in [6.45, 7) is 3.66. The first-order valence-corrected chi connectivity index (χ1v) is 8.40. The van der Waals surface area contributed by atoms with Gasteiger partial charge in [-0.1, -0.05) is 24.6 Å². The van der Waals surface area contributed by atoms with Crippen molar-refractivity contribution in [2.75, 3.05) is 40.8 Å². The zero-order valence-corrected chi connectivity index (χ0v) is 15.6. The van der Waals surface area contributed by atoms with Gasteiger partial charge in [0.2, 0.25) is 5.91 Å². The first kappa shape index (κ1) is 20.1. The van der Waals surface area contributed by atoms with Gasteiger partial charge in [-0.05, 0) is 30.5 Å². The molecule has 0 aliphatic rings. The van der Waals surface area contributed by atoms with Crippen molar-refractivity contribution in [3.8, 4) is 5.75 Å². The van der Waals surface area contributed by atoms with Crippen LogP contribution in [0.1, 0.15) is 18.9 Å². The highest BCUT2D eigenvalue weighted by molar-refractivity contribution is 6.31. The maximum Gasteiger partial charge on any atom is 0.243 e. The molecule has 2 N–H and O–H groups in total. The van der Waals surface area contributed by atoms with Crippen LogP contribution in [0.15, 0.2) is 23.2 Å². The van der Waals surface area contributed by atoms with Crippen LogP contribution in [-0.2, 0) is 11.2 Å². The number of hydrogen-bond donors (Lipinski definition) is 2. The fourth-order valence-electron chi connectivity index (χ4n) is 1.88. The molecule has 0 unspecified atom stereocenters. The summed E-state index contributed by atoms with van der Waals surface area (Å²) >= 11 is 6.24. The van der Waals surface area contributed by atoms with E-state index in [1.165, 1.54) is 4.90 Å². The molecule has 0 saturated heterocycles. The van der Waals surface area contributed by atoms with E-state index < -0.39 is 0 Å². The first-order valence-electron chi connectivity index (χ1n) is 8.02. The molecular formula is C17H27ClN4O2. The average Bonchev–Trinajstić information content (AvgIpc) is 2.57. The molecule has 0 bridgehead atoms. The number of benzene rings is 1. The average molecular weight is 355 g/mol. The number of aliphatic imine (C=N–C) groups is 1. The van der Waals surface area contributed by atoms with Crippen LogP contribution < -0.4 is 15.4 Å². The Kier molecular flexibility index (Phi) is 9.01. The number of methoxy groups -OCH3 is 1. The Hall–Kier alpha value is -1.95. The van der Waals surface area contributed by atoms with Crippen molar-refractivity contribution in [1.82, 2.24) is 15.5 Å². The van der Waals surface area contributed by atoms with Gasteiger partial charge in [-0.3, -0.25) is 4.79 Å². The Morgan fingerprint density at radius 2 is 2.00 bits per heavy atom. The van der Waals surface area contributed by atoms with E-state index in [1.54, 1.807) is 27.3 Å². The molecule has 24 heavy (non-hydrogen) atoms. The number of rotatable bonds is 8. The molecule has 1 aromatic rings. The highest BCUT2D eigenvalue weighted by Gasteiger charge is 2.06. The van der Waals surface area contributed by atoms with E-state index in [0.717, 1.165) is 30.7 Å². The summed E-state index contributed by atoms with van der Waals surface area (Å²) in [5.41, 5.74) is 1.03. The summed E-state index contributed by atoms with van der Waals surface area (Å²) in [6, 6.07) is 5.65. The number of nitrogens with one attached hydrogen (secondary N) is 2. The Bertz CT molecular complexity index is 562. The Morgan fingerprint density at radius 1 is 1.29 bits per heavy atom. The monoisotopic (exact) mass is 354 g/mol. The minimum absolute atomic E-state index is 0.0363. The molecule has 1 amide bonds. The van der Waals surface area contributed by atoms with Gasteiger partial charge in [0, 0.05) is 32.2 Å². The van der Waals surface area contributed by atoms with Gasteiger partial charge in [-0.15, -0.1) is 0 Å². The minimum atomic E-state index is -0.0363. The van der Waals surface area contributed by atoms with Crippen LogP contribution in [0.2, 0.25) is 5.02 Å². The second-order valence-electron chi connectivity index (χ2n) is 5.51. The van der Waals surface area contributed by atoms with Gasteiger partial charge in [0.15, 0.2) is 5.96 Å². The zero-order valence-electron chi connectivity index (χ0n) is 14.9. The normalized spacial score (nSPS) is 11.1. The highest BCUT2D eigenvalue weighted by Crippen LogP contribution is 2.22. The number of ether oxygens (including phenoxy) is 1. The smallest absolute Gasteiger partial charge is 0.243 e. The van der Waals surface area contributed by atoms with Crippen molar-refractivity contribution in [2.24, 2.45) is 4.99 Å². The number of amides is 1. The van der Waals surface area contributed by atoms with Crippen LogP contribution in [0.25, 0.3) is 0 Å². The lowest BCUT2D eigenvalue weighted by molar-refractivity contribution is -0.127. The van der Waals surface area contributed by atoms with Gasteiger partial charge in [0.1, 0.15) is 12.3 Å². The summed E-state index contributed by atoms with van der Waals surface area (Å²) in [7, 11) is 5.05. The third kappa shape index (κ3) is 7.08. The van der Waals surface area contributed by atoms with Gasteiger partial charge >= 0.3 is 0 Å². The lowest BCUT2D eigenvalue weighted by Gasteiger charge is -2.14. The highest BCUT2D eigenvalue weighted by atomic mass is 35.5. The summed E-state index contributed by atoms with van der Waals surface area (Å²) in [5, 5.41) is 7.11. The fourth-order valence-corrected chi connectivity index (χ4v) is 2.14. The SMILES string of the molecule is CCCNC(=NCC(=O)N(C)C)NCCc1ccc(OC)cc1Cl. The molecule has 0 aliphatic heterocycles. The summed E-state index contributed by atoms with van der Waals surface area (Å²) in [4.78, 5) is 17.5. The van der Waals surface area contributed by atoms with Crippen LogP contribution in [0.4, 0.5) is 0 Å². The minimum Gasteiger partial charge on any atom is -0.497 e. The third-order valence-corrected chi connectivity index (χ3v) is 3.71. The molecule has 0 aliphatic carbocycles. The van der Waals surface area contributed by atoms with Crippen LogP contribution in [0.3, 0.4) is 0 Å². The molecule has 0 spiro atoms. The third-order valence-electron chi connectivity index (χ3n) is 3.36. The molecule has 1 rings (SSSR count). The lowest BCUT2D eigenvalue weighted by Crippen LogP contribution is -2.39. The number of guanidine groups is 1. The topological polar surface area (TPSA) is 66.0 Å². The molecule has 0 fully saturated rings. The quantitative estimate of drug-likeness (QED) is 0.553. The molecule has 0 atom stereocenters. The Morgan fingerprint density at radius 3 is 2.58 bits per heavy atom. The second-order valence-corrected chi connectivity index (χ2v) is 5.92. The lowest BCUT2D eigenvalue weighted by atomic mass is 10.1. The summed E-state index contributed by atoms with van der Waals surface area (Å²) in [6.07, 6.45) is 1.73. The zero-order chi connectivity index (χ0) is 17.9. The van der Waals surface area contributed by atoms with Crippen LogP contribution in [-0.4, -0.2) is 57.6 Å². The van der Waals surface area contributed by atoms with Crippen molar-refractivity contribution >= 4 is 23.5 Å². The number of halogens is 1. The van der Waals surface area contributed by atoms with E-state index in [0.29, 0.717) is 17.5 Å². The van der Waals surface area contributed by atoms with E-state index >= 15 is 0 Å². The number of nitrogens with zero attached hydrogens (tertiary/aromatic N) is 2. The van der Waals surface area contributed by atoms with Crippen LogP contribution >= 0.6 is 11.6 Å². The maximum absolute atomic E-state index is 11.7.